The number of nitrogens with zero attached hydrogens (tertiary/aromatic N) is 1. The summed E-state index contributed by atoms with van der Waals surface area (Å²) < 4.78 is 13.0. The Morgan fingerprint density at radius 2 is 1.91 bits per heavy atom. The Hall–Kier alpha value is -2.47. The molecule has 112 valence electrons. The van der Waals surface area contributed by atoms with E-state index >= 15 is 0 Å². The first-order valence-corrected chi connectivity index (χ1v) is 7.42. The van der Waals surface area contributed by atoms with Crippen LogP contribution in [0.4, 0.5) is 4.39 Å². The Balaban J connectivity index is 2.16. The van der Waals surface area contributed by atoms with Gasteiger partial charge in [-0.1, -0.05) is 6.07 Å². The molecule has 3 rings (SSSR count). The van der Waals surface area contributed by atoms with Gasteiger partial charge in [-0.25, -0.2) is 4.39 Å². The minimum atomic E-state index is -0.734. The summed E-state index contributed by atoms with van der Waals surface area (Å²) in [6.07, 6.45) is 0. The largest absolute Gasteiger partial charge is 0.507 e. The zero-order chi connectivity index (χ0) is 15.9. The second-order valence-corrected chi connectivity index (χ2v) is 5.91. The number of hydrogen-bond donors (Lipinski definition) is 1. The highest BCUT2D eigenvalue weighted by Crippen LogP contribution is 2.39. The minimum absolute atomic E-state index is 0.0292. The van der Waals surface area contributed by atoms with Crippen LogP contribution in [0.15, 0.2) is 47.4 Å². The fourth-order valence-electron chi connectivity index (χ4n) is 2.49. The first-order valence-electron chi connectivity index (χ1n) is 6.54. The third kappa shape index (κ3) is 2.21. The highest BCUT2D eigenvalue weighted by Gasteiger charge is 2.44. The second-order valence-electron chi connectivity index (χ2n) is 4.93. The molecule has 6 heteroatoms. The highest BCUT2D eigenvalue weighted by molar-refractivity contribution is 7.10. The molecule has 1 aromatic carbocycles. The zero-order valence-electron chi connectivity index (χ0n) is 11.6. The normalized spacial score (nSPS) is 20.6. The van der Waals surface area contributed by atoms with E-state index in [1.807, 2.05) is 11.4 Å². The lowest BCUT2D eigenvalue weighted by molar-refractivity contribution is -0.139. The van der Waals surface area contributed by atoms with E-state index in [9.17, 15) is 19.1 Å². The summed E-state index contributed by atoms with van der Waals surface area (Å²) in [6.45, 7) is 0. The van der Waals surface area contributed by atoms with Crippen molar-refractivity contribution in [3.8, 4) is 0 Å². The molecule has 1 unspecified atom stereocenters. The lowest BCUT2D eigenvalue weighted by Gasteiger charge is -2.19. The third-order valence-electron chi connectivity index (χ3n) is 3.61. The van der Waals surface area contributed by atoms with Crippen molar-refractivity contribution >= 4 is 28.8 Å². The molecule has 0 radical (unpaired) electrons. The van der Waals surface area contributed by atoms with Gasteiger partial charge in [-0.3, -0.25) is 9.59 Å². The number of carbonyl (C=O) groups excluding carboxylic acids is 2. The van der Waals surface area contributed by atoms with Crippen LogP contribution >= 0.6 is 11.3 Å². The van der Waals surface area contributed by atoms with E-state index in [1.165, 1.54) is 47.5 Å². The van der Waals surface area contributed by atoms with Crippen molar-refractivity contribution in [2.24, 2.45) is 0 Å². The van der Waals surface area contributed by atoms with Gasteiger partial charge in [0.1, 0.15) is 11.6 Å². The molecule has 1 atom stereocenters. The van der Waals surface area contributed by atoms with Crippen molar-refractivity contribution in [3.63, 3.8) is 0 Å². The van der Waals surface area contributed by atoms with Crippen molar-refractivity contribution in [3.05, 3.63) is 63.6 Å². The third-order valence-corrected chi connectivity index (χ3v) is 4.53. The van der Waals surface area contributed by atoms with Crippen LogP contribution < -0.4 is 0 Å². The van der Waals surface area contributed by atoms with E-state index in [4.69, 9.17) is 0 Å². The van der Waals surface area contributed by atoms with Crippen LogP contribution in [0.25, 0.3) is 5.76 Å². The lowest BCUT2D eigenvalue weighted by atomic mass is 10.00. The molecule has 1 aromatic heterocycles. The molecule has 22 heavy (non-hydrogen) atoms. The molecule has 0 aliphatic carbocycles. The lowest BCUT2D eigenvalue weighted by Crippen LogP contribution is -2.24. The van der Waals surface area contributed by atoms with Gasteiger partial charge in [0.25, 0.3) is 11.7 Å². The smallest absolute Gasteiger partial charge is 0.295 e. The van der Waals surface area contributed by atoms with Gasteiger partial charge in [0.05, 0.1) is 11.6 Å². The fraction of sp³-hybridized carbons (Fsp3) is 0.125. The molecule has 0 saturated carbocycles. The van der Waals surface area contributed by atoms with Crippen LogP contribution in [0.1, 0.15) is 16.5 Å². The topological polar surface area (TPSA) is 57.6 Å². The van der Waals surface area contributed by atoms with Crippen LogP contribution in [0.5, 0.6) is 0 Å². The van der Waals surface area contributed by atoms with Crippen LogP contribution in [-0.4, -0.2) is 28.7 Å². The van der Waals surface area contributed by atoms with Gasteiger partial charge in [-0.2, -0.15) is 0 Å². The molecule has 1 fully saturated rings. The maximum atomic E-state index is 13.0. The predicted molar refractivity (Wildman–Crippen MR) is 80.8 cm³/mol. The van der Waals surface area contributed by atoms with Crippen molar-refractivity contribution < 1.29 is 19.1 Å². The van der Waals surface area contributed by atoms with Crippen molar-refractivity contribution in [1.82, 2.24) is 4.90 Å². The first kappa shape index (κ1) is 14.5. The Kier molecular flexibility index (Phi) is 3.54. The summed E-state index contributed by atoms with van der Waals surface area (Å²) in [4.78, 5) is 26.3. The SMILES string of the molecule is CN1C(=O)C(=O)/C(=C(/O)c2ccc(F)cc2)C1c1cccs1. The van der Waals surface area contributed by atoms with Gasteiger partial charge in [0.15, 0.2) is 0 Å². The first-order chi connectivity index (χ1) is 10.5. The van der Waals surface area contributed by atoms with Crippen molar-refractivity contribution in [2.75, 3.05) is 7.05 Å². The molecule has 1 N–H and O–H groups in total. The van der Waals surface area contributed by atoms with Crippen LogP contribution in [0.3, 0.4) is 0 Å². The maximum Gasteiger partial charge on any atom is 0.295 e. The number of benzene rings is 1. The number of halogens is 1. The summed E-state index contributed by atoms with van der Waals surface area (Å²) in [7, 11) is 1.52. The predicted octanol–water partition coefficient (Wildman–Crippen LogP) is 2.94. The van der Waals surface area contributed by atoms with Gasteiger partial charge < -0.3 is 10.0 Å². The van der Waals surface area contributed by atoms with Gasteiger partial charge in [0, 0.05) is 17.5 Å². The average Bonchev–Trinajstić information content (AvgIpc) is 3.10. The van der Waals surface area contributed by atoms with E-state index in [0.717, 1.165) is 4.88 Å². The Bertz CT molecular complexity index is 765. The summed E-state index contributed by atoms with van der Waals surface area (Å²) in [6, 6.07) is 8.13. The molecule has 1 saturated heterocycles. The number of likely N-dealkylation sites (N-methyl/N-ethyl adjacent to an activating group) is 1. The molecule has 2 aromatic rings. The second kappa shape index (κ2) is 5.38. The number of aliphatic hydroxyl groups excluding tert-OH is 1. The number of aliphatic hydroxyl groups is 1. The molecule has 4 nitrogen and oxygen atoms in total. The number of amides is 1. The Labute approximate surface area is 130 Å². The van der Waals surface area contributed by atoms with Gasteiger partial charge >= 0.3 is 0 Å². The number of thiophene rings is 1. The summed E-state index contributed by atoms with van der Waals surface area (Å²) >= 11 is 1.40. The monoisotopic (exact) mass is 317 g/mol. The molecule has 0 bridgehead atoms. The molecule has 1 amide bonds. The average molecular weight is 317 g/mol. The van der Waals surface area contributed by atoms with E-state index in [-0.39, 0.29) is 11.3 Å². The van der Waals surface area contributed by atoms with E-state index in [1.54, 1.807) is 6.07 Å². The number of likely N-dealkylation sites (tertiary alicyclic amines) is 1. The molecule has 0 spiro atoms. The number of carbonyl (C=O) groups is 2. The highest BCUT2D eigenvalue weighted by atomic mass is 32.1. The fourth-order valence-corrected chi connectivity index (χ4v) is 3.37. The van der Waals surface area contributed by atoms with Gasteiger partial charge in [-0.05, 0) is 35.7 Å². The van der Waals surface area contributed by atoms with E-state index in [0.29, 0.717) is 5.56 Å². The quantitative estimate of drug-likeness (QED) is 0.526. The summed E-state index contributed by atoms with van der Waals surface area (Å²) in [5.74, 6) is -2.13. The maximum absolute atomic E-state index is 13.0. The van der Waals surface area contributed by atoms with E-state index in [2.05, 4.69) is 0 Å². The van der Waals surface area contributed by atoms with Crippen molar-refractivity contribution in [1.29, 1.82) is 0 Å². The Morgan fingerprint density at radius 1 is 1.23 bits per heavy atom. The van der Waals surface area contributed by atoms with Crippen LogP contribution in [-0.2, 0) is 9.59 Å². The summed E-state index contributed by atoms with van der Waals surface area (Å²) in [5.41, 5.74) is 0.330. The number of hydrogen-bond acceptors (Lipinski definition) is 4. The number of ketones is 1. The minimum Gasteiger partial charge on any atom is -0.507 e. The van der Waals surface area contributed by atoms with Crippen molar-refractivity contribution in [2.45, 2.75) is 6.04 Å². The molecular weight excluding hydrogens is 305 g/mol. The molecule has 1 aliphatic rings. The zero-order valence-corrected chi connectivity index (χ0v) is 12.4. The molecule has 2 heterocycles. The standard InChI is InChI=1S/C16H12FNO3S/c1-18-13(11-3-2-8-22-11)12(15(20)16(18)21)14(19)9-4-6-10(17)7-5-9/h2-8,13,19H,1H3/b14-12+. The molecule has 1 aliphatic heterocycles. The molecular formula is C16H12FNO3S. The number of Topliss-reactive ketones (excluding diaryl/α,β-unsaturated/α-hetero) is 1. The van der Waals surface area contributed by atoms with Crippen LogP contribution in [0.2, 0.25) is 0 Å². The van der Waals surface area contributed by atoms with Crippen LogP contribution in [0, 0.1) is 5.82 Å². The Morgan fingerprint density at radius 3 is 2.50 bits per heavy atom. The van der Waals surface area contributed by atoms with Gasteiger partial charge in [0.2, 0.25) is 0 Å². The number of rotatable bonds is 2. The summed E-state index contributed by atoms with van der Waals surface area (Å²) in [5, 5.41) is 12.3. The van der Waals surface area contributed by atoms with Gasteiger partial charge in [-0.15, -0.1) is 11.3 Å². The van der Waals surface area contributed by atoms with E-state index < -0.39 is 23.5 Å².